The maximum absolute atomic E-state index is 13.6. The Hall–Kier alpha value is -1.86. The fourth-order valence-electron chi connectivity index (χ4n) is 2.61. The Morgan fingerprint density at radius 3 is 2.45 bits per heavy atom. The molecule has 0 aromatic carbocycles. The molecule has 122 valence electrons. The summed E-state index contributed by atoms with van der Waals surface area (Å²) in [5, 5.41) is 2.45. The molecular weight excluding hydrogens is 304 g/mol. The SMILES string of the molecule is CCOC(=O)C1CCCC(Nc2c(F)c(F)nc(F)c2F)C1. The first kappa shape index (κ1) is 16.5. The number of aromatic nitrogens is 1. The molecule has 1 aliphatic rings. The quantitative estimate of drug-likeness (QED) is 0.526. The lowest BCUT2D eigenvalue weighted by atomic mass is 9.85. The van der Waals surface area contributed by atoms with Gasteiger partial charge in [0.25, 0.3) is 11.9 Å². The summed E-state index contributed by atoms with van der Waals surface area (Å²) in [7, 11) is 0. The minimum Gasteiger partial charge on any atom is -0.466 e. The molecule has 4 nitrogen and oxygen atoms in total. The lowest BCUT2D eigenvalue weighted by molar-refractivity contribution is -0.149. The van der Waals surface area contributed by atoms with E-state index in [9.17, 15) is 22.4 Å². The molecule has 1 aliphatic carbocycles. The van der Waals surface area contributed by atoms with Gasteiger partial charge in [-0.2, -0.15) is 22.5 Å². The first-order valence-electron chi connectivity index (χ1n) is 7.07. The van der Waals surface area contributed by atoms with Crippen LogP contribution < -0.4 is 5.32 Å². The van der Waals surface area contributed by atoms with Crippen molar-refractivity contribution in [3.05, 3.63) is 23.5 Å². The van der Waals surface area contributed by atoms with Gasteiger partial charge >= 0.3 is 5.97 Å². The van der Waals surface area contributed by atoms with E-state index in [0.29, 0.717) is 19.3 Å². The Balaban J connectivity index is 2.12. The molecule has 8 heteroatoms. The van der Waals surface area contributed by atoms with Crippen molar-refractivity contribution in [2.75, 3.05) is 11.9 Å². The molecule has 0 saturated heterocycles. The van der Waals surface area contributed by atoms with Gasteiger partial charge < -0.3 is 10.1 Å². The minimum atomic E-state index is -1.71. The predicted octanol–water partition coefficient (Wildman–Crippen LogP) is 3.17. The second-order valence-corrected chi connectivity index (χ2v) is 5.15. The van der Waals surface area contributed by atoms with Gasteiger partial charge in [-0.25, -0.2) is 0 Å². The summed E-state index contributed by atoms with van der Waals surface area (Å²) < 4.78 is 58.2. The monoisotopic (exact) mass is 320 g/mol. The van der Waals surface area contributed by atoms with E-state index in [2.05, 4.69) is 10.3 Å². The van der Waals surface area contributed by atoms with Crippen molar-refractivity contribution in [2.45, 2.75) is 38.6 Å². The molecule has 2 atom stereocenters. The van der Waals surface area contributed by atoms with Crippen molar-refractivity contribution in [3.8, 4) is 0 Å². The number of esters is 1. The second-order valence-electron chi connectivity index (χ2n) is 5.15. The molecule has 0 radical (unpaired) electrons. The van der Waals surface area contributed by atoms with Gasteiger partial charge in [-0.1, -0.05) is 6.42 Å². The maximum atomic E-state index is 13.6. The number of carbonyl (C=O) groups excluding carboxylic acids is 1. The van der Waals surface area contributed by atoms with Crippen LogP contribution in [0.2, 0.25) is 0 Å². The summed E-state index contributed by atoms with van der Waals surface area (Å²) in [5.41, 5.74) is -0.889. The fourth-order valence-corrected chi connectivity index (χ4v) is 2.61. The largest absolute Gasteiger partial charge is 0.466 e. The Bertz CT molecular complexity index is 542. The zero-order valence-corrected chi connectivity index (χ0v) is 12.0. The van der Waals surface area contributed by atoms with Crippen LogP contribution in [0.15, 0.2) is 0 Å². The van der Waals surface area contributed by atoms with Gasteiger partial charge in [0.15, 0.2) is 0 Å². The standard InChI is InChI=1S/C14H16F4N2O2/c1-2-22-14(21)7-4-3-5-8(6-7)19-11-9(15)12(17)20-13(18)10(11)16/h7-8H,2-6H2,1H3,(H,19,20). The van der Waals surface area contributed by atoms with Gasteiger partial charge in [-0.3, -0.25) is 4.79 Å². The van der Waals surface area contributed by atoms with E-state index in [4.69, 9.17) is 4.74 Å². The predicted molar refractivity (Wildman–Crippen MR) is 70.1 cm³/mol. The highest BCUT2D eigenvalue weighted by atomic mass is 19.2. The number of halogens is 4. The highest BCUT2D eigenvalue weighted by Gasteiger charge is 2.30. The molecule has 0 spiro atoms. The van der Waals surface area contributed by atoms with Gasteiger partial charge in [0.1, 0.15) is 5.69 Å². The van der Waals surface area contributed by atoms with Crippen molar-refractivity contribution in [1.82, 2.24) is 4.98 Å². The second kappa shape index (κ2) is 6.93. The number of nitrogens with zero attached hydrogens (tertiary/aromatic N) is 1. The van der Waals surface area contributed by atoms with E-state index < -0.39 is 41.2 Å². The van der Waals surface area contributed by atoms with Crippen molar-refractivity contribution >= 4 is 11.7 Å². The molecule has 0 aliphatic heterocycles. The van der Waals surface area contributed by atoms with Crippen LogP contribution in [0, 0.1) is 29.4 Å². The lowest BCUT2D eigenvalue weighted by Crippen LogP contribution is -2.32. The average molecular weight is 320 g/mol. The van der Waals surface area contributed by atoms with Crippen molar-refractivity contribution in [1.29, 1.82) is 0 Å². The van der Waals surface area contributed by atoms with Gasteiger partial charge in [0.2, 0.25) is 11.6 Å². The van der Waals surface area contributed by atoms with E-state index in [0.717, 1.165) is 0 Å². The maximum Gasteiger partial charge on any atom is 0.308 e. The Labute approximate surface area is 124 Å². The van der Waals surface area contributed by atoms with Crippen LogP contribution in [0.5, 0.6) is 0 Å². The molecule has 1 saturated carbocycles. The van der Waals surface area contributed by atoms with Crippen LogP contribution in [0.3, 0.4) is 0 Å². The van der Waals surface area contributed by atoms with E-state index in [1.54, 1.807) is 6.92 Å². The average Bonchev–Trinajstić information content (AvgIpc) is 2.50. The normalized spacial score (nSPS) is 21.5. The van der Waals surface area contributed by atoms with Crippen LogP contribution in [0.4, 0.5) is 23.2 Å². The van der Waals surface area contributed by atoms with Gasteiger partial charge in [-0.05, 0) is 26.2 Å². The Kier molecular flexibility index (Phi) is 5.20. The molecule has 1 fully saturated rings. The van der Waals surface area contributed by atoms with Gasteiger partial charge in [0.05, 0.1) is 12.5 Å². The molecule has 1 aromatic rings. The van der Waals surface area contributed by atoms with Crippen molar-refractivity contribution in [2.24, 2.45) is 5.92 Å². The number of hydrogen-bond donors (Lipinski definition) is 1. The Morgan fingerprint density at radius 2 is 1.86 bits per heavy atom. The number of anilines is 1. The third-order valence-electron chi connectivity index (χ3n) is 3.64. The number of carbonyl (C=O) groups is 1. The molecule has 1 heterocycles. The third-order valence-corrected chi connectivity index (χ3v) is 3.64. The lowest BCUT2D eigenvalue weighted by Gasteiger charge is -2.29. The number of nitrogens with one attached hydrogen (secondary N) is 1. The van der Waals surface area contributed by atoms with Crippen LogP contribution in [0.25, 0.3) is 0 Å². The van der Waals surface area contributed by atoms with E-state index in [-0.39, 0.29) is 19.0 Å². The zero-order chi connectivity index (χ0) is 16.3. The first-order chi connectivity index (χ1) is 10.4. The summed E-state index contributed by atoms with van der Waals surface area (Å²) >= 11 is 0. The third kappa shape index (κ3) is 3.48. The summed E-state index contributed by atoms with van der Waals surface area (Å²) in [6.45, 7) is 1.93. The smallest absolute Gasteiger partial charge is 0.308 e. The van der Waals surface area contributed by atoms with Gasteiger partial charge in [-0.15, -0.1) is 0 Å². The van der Waals surface area contributed by atoms with Crippen LogP contribution >= 0.6 is 0 Å². The Morgan fingerprint density at radius 1 is 1.23 bits per heavy atom. The highest BCUT2D eigenvalue weighted by Crippen LogP contribution is 2.30. The molecule has 1 aromatic heterocycles. The first-order valence-corrected chi connectivity index (χ1v) is 7.07. The number of rotatable bonds is 4. The van der Waals surface area contributed by atoms with Crippen molar-refractivity contribution in [3.63, 3.8) is 0 Å². The summed E-state index contributed by atoms with van der Waals surface area (Å²) in [6, 6.07) is -0.478. The fraction of sp³-hybridized carbons (Fsp3) is 0.571. The minimum absolute atomic E-state index is 0.247. The molecular formula is C14H16F4N2O2. The van der Waals surface area contributed by atoms with E-state index in [1.165, 1.54) is 0 Å². The zero-order valence-electron chi connectivity index (χ0n) is 12.0. The van der Waals surface area contributed by atoms with Gasteiger partial charge in [0, 0.05) is 6.04 Å². The molecule has 2 unspecified atom stereocenters. The topological polar surface area (TPSA) is 51.2 Å². The van der Waals surface area contributed by atoms with Crippen molar-refractivity contribution < 1.29 is 27.1 Å². The molecule has 22 heavy (non-hydrogen) atoms. The van der Waals surface area contributed by atoms with E-state index >= 15 is 0 Å². The van der Waals surface area contributed by atoms with E-state index in [1.807, 2.05) is 0 Å². The molecule has 0 amide bonds. The number of hydrogen-bond acceptors (Lipinski definition) is 4. The summed E-state index contributed by atoms with van der Waals surface area (Å²) in [6.07, 6.45) is 2.06. The molecule has 1 N–H and O–H groups in total. The van der Waals surface area contributed by atoms with Crippen LogP contribution in [-0.2, 0) is 9.53 Å². The molecule has 0 bridgehead atoms. The molecule has 2 rings (SSSR count). The number of ether oxygens (including phenoxy) is 1. The van der Waals surface area contributed by atoms with Crippen LogP contribution in [-0.4, -0.2) is 23.6 Å². The van der Waals surface area contributed by atoms with Crippen LogP contribution in [0.1, 0.15) is 32.6 Å². The summed E-state index contributed by atoms with van der Waals surface area (Å²) in [5.74, 6) is -7.33. The number of pyridine rings is 1. The highest BCUT2D eigenvalue weighted by molar-refractivity contribution is 5.72. The summed E-state index contributed by atoms with van der Waals surface area (Å²) in [4.78, 5) is 14.2.